The molecular weight excluding hydrogens is 296 g/mol. The van der Waals surface area contributed by atoms with Crippen LogP contribution in [0, 0.1) is 17.2 Å². The van der Waals surface area contributed by atoms with Crippen LogP contribution >= 0.6 is 0 Å². The van der Waals surface area contributed by atoms with E-state index in [0.717, 1.165) is 0 Å². The highest BCUT2D eigenvalue weighted by Gasteiger charge is 2.21. The van der Waals surface area contributed by atoms with Crippen LogP contribution in [0.25, 0.3) is 0 Å². The molecule has 0 aliphatic heterocycles. The van der Waals surface area contributed by atoms with Crippen molar-refractivity contribution in [2.45, 2.75) is 18.2 Å². The summed E-state index contributed by atoms with van der Waals surface area (Å²) in [6.45, 7) is 1.53. The maximum absolute atomic E-state index is 12.2. The van der Waals surface area contributed by atoms with Gasteiger partial charge in [0.25, 0.3) is 0 Å². The highest BCUT2D eigenvalue weighted by Crippen LogP contribution is 2.22. The van der Waals surface area contributed by atoms with Crippen LogP contribution in [0.15, 0.2) is 23.1 Å². The summed E-state index contributed by atoms with van der Waals surface area (Å²) in [6.07, 6.45) is -0.443. The molecule has 0 amide bonds. The van der Waals surface area contributed by atoms with Crippen molar-refractivity contribution in [3.63, 3.8) is 0 Å². The van der Waals surface area contributed by atoms with E-state index < -0.39 is 28.3 Å². The van der Waals surface area contributed by atoms with E-state index in [4.69, 9.17) is 15.1 Å². The van der Waals surface area contributed by atoms with E-state index in [0.29, 0.717) is 5.75 Å². The van der Waals surface area contributed by atoms with Gasteiger partial charge in [0, 0.05) is 6.54 Å². The zero-order chi connectivity index (χ0) is 16.0. The van der Waals surface area contributed by atoms with Crippen LogP contribution in [0.4, 0.5) is 0 Å². The lowest BCUT2D eigenvalue weighted by molar-refractivity contribution is -0.136. The first kappa shape index (κ1) is 16.9. The van der Waals surface area contributed by atoms with Crippen molar-refractivity contribution in [3.05, 3.63) is 23.8 Å². The Bertz CT molecular complexity index is 664. The first-order valence-electron chi connectivity index (χ1n) is 6.08. The molecular formula is C13H16N2O5S. The van der Waals surface area contributed by atoms with Crippen LogP contribution in [0.5, 0.6) is 5.75 Å². The number of nitriles is 1. The lowest BCUT2D eigenvalue weighted by Gasteiger charge is -2.12. The number of benzene rings is 1. The van der Waals surface area contributed by atoms with Crippen molar-refractivity contribution in [1.29, 1.82) is 5.26 Å². The first-order chi connectivity index (χ1) is 9.80. The summed E-state index contributed by atoms with van der Waals surface area (Å²) in [7, 11) is -2.48. The van der Waals surface area contributed by atoms with E-state index in [1.807, 2.05) is 6.07 Å². The number of carboxylic acids is 1. The second-order valence-corrected chi connectivity index (χ2v) is 6.16. The van der Waals surface area contributed by atoms with Crippen molar-refractivity contribution < 1.29 is 23.1 Å². The minimum atomic E-state index is -3.89. The fourth-order valence-electron chi connectivity index (χ4n) is 1.60. The predicted molar refractivity (Wildman–Crippen MR) is 74.3 cm³/mol. The third-order valence-electron chi connectivity index (χ3n) is 2.70. The second kappa shape index (κ2) is 7.06. The summed E-state index contributed by atoms with van der Waals surface area (Å²) in [5, 5.41) is 17.5. The Labute approximate surface area is 123 Å². The zero-order valence-corrected chi connectivity index (χ0v) is 12.5. The number of sulfonamides is 1. The Morgan fingerprint density at radius 1 is 1.52 bits per heavy atom. The van der Waals surface area contributed by atoms with Crippen molar-refractivity contribution in [3.8, 4) is 11.8 Å². The van der Waals surface area contributed by atoms with Gasteiger partial charge in [-0.05, 0) is 30.7 Å². The van der Waals surface area contributed by atoms with Gasteiger partial charge in [0.2, 0.25) is 10.0 Å². The molecule has 8 heteroatoms. The largest absolute Gasteiger partial charge is 0.497 e. The summed E-state index contributed by atoms with van der Waals surface area (Å²) in [4.78, 5) is 10.7. The van der Waals surface area contributed by atoms with Gasteiger partial charge in [0.05, 0.1) is 30.4 Å². The Balaban J connectivity index is 3.15. The van der Waals surface area contributed by atoms with Gasteiger partial charge in [-0.1, -0.05) is 0 Å². The standard InChI is InChI=1S/C13H16N2O5S/c1-9(7-14)8-15-21(18,19)12-4-3-11(20-2)5-10(12)6-13(16)17/h3-5,9,15H,6,8H2,1-2H3,(H,16,17). The number of hydrogen-bond acceptors (Lipinski definition) is 5. The van der Waals surface area contributed by atoms with E-state index in [9.17, 15) is 13.2 Å². The van der Waals surface area contributed by atoms with E-state index in [1.54, 1.807) is 6.92 Å². The van der Waals surface area contributed by atoms with E-state index in [-0.39, 0.29) is 17.0 Å². The van der Waals surface area contributed by atoms with Gasteiger partial charge in [-0.3, -0.25) is 4.79 Å². The molecule has 0 saturated carbocycles. The molecule has 0 radical (unpaired) electrons. The Morgan fingerprint density at radius 3 is 2.71 bits per heavy atom. The van der Waals surface area contributed by atoms with E-state index in [2.05, 4.69) is 4.72 Å². The normalized spacial score (nSPS) is 12.4. The van der Waals surface area contributed by atoms with Gasteiger partial charge >= 0.3 is 5.97 Å². The Morgan fingerprint density at radius 2 is 2.19 bits per heavy atom. The van der Waals surface area contributed by atoms with Gasteiger partial charge < -0.3 is 9.84 Å². The minimum Gasteiger partial charge on any atom is -0.497 e. The van der Waals surface area contributed by atoms with E-state index >= 15 is 0 Å². The van der Waals surface area contributed by atoms with Gasteiger partial charge in [-0.25, -0.2) is 13.1 Å². The number of aliphatic carboxylic acids is 1. The molecule has 2 N–H and O–H groups in total. The molecule has 0 fully saturated rings. The summed E-state index contributed by atoms with van der Waals surface area (Å²) in [5.74, 6) is -1.26. The molecule has 114 valence electrons. The maximum Gasteiger partial charge on any atom is 0.307 e. The summed E-state index contributed by atoms with van der Waals surface area (Å²) < 4.78 is 31.7. The van der Waals surface area contributed by atoms with Gasteiger partial charge in [-0.15, -0.1) is 0 Å². The molecule has 1 rings (SSSR count). The Kier molecular flexibility index (Phi) is 5.69. The number of rotatable bonds is 7. The smallest absolute Gasteiger partial charge is 0.307 e. The number of carboxylic acid groups (broad SMARTS) is 1. The van der Waals surface area contributed by atoms with Gasteiger partial charge in [0.1, 0.15) is 5.75 Å². The molecule has 21 heavy (non-hydrogen) atoms. The third kappa shape index (κ3) is 4.73. The fourth-order valence-corrected chi connectivity index (χ4v) is 2.95. The highest BCUT2D eigenvalue weighted by molar-refractivity contribution is 7.89. The van der Waals surface area contributed by atoms with Crippen molar-refractivity contribution in [2.75, 3.05) is 13.7 Å². The quantitative estimate of drug-likeness (QED) is 0.767. The third-order valence-corrected chi connectivity index (χ3v) is 4.22. The number of nitrogens with zero attached hydrogens (tertiary/aromatic N) is 1. The molecule has 1 aromatic carbocycles. The molecule has 1 aromatic rings. The van der Waals surface area contributed by atoms with Crippen LogP contribution < -0.4 is 9.46 Å². The second-order valence-electron chi connectivity index (χ2n) is 4.43. The maximum atomic E-state index is 12.2. The average Bonchev–Trinajstić information content (AvgIpc) is 2.43. The monoisotopic (exact) mass is 312 g/mol. The van der Waals surface area contributed by atoms with Crippen LogP contribution in [0.1, 0.15) is 12.5 Å². The minimum absolute atomic E-state index is 0.0443. The van der Waals surface area contributed by atoms with Crippen LogP contribution in [0.3, 0.4) is 0 Å². The molecule has 0 heterocycles. The zero-order valence-electron chi connectivity index (χ0n) is 11.7. The number of methoxy groups -OCH3 is 1. The number of hydrogen-bond donors (Lipinski definition) is 2. The van der Waals surface area contributed by atoms with E-state index in [1.165, 1.54) is 25.3 Å². The molecule has 7 nitrogen and oxygen atoms in total. The molecule has 0 saturated heterocycles. The topological polar surface area (TPSA) is 116 Å². The SMILES string of the molecule is COc1ccc(S(=O)(=O)NCC(C)C#N)c(CC(=O)O)c1. The molecule has 0 spiro atoms. The number of nitrogens with one attached hydrogen (secondary N) is 1. The summed E-state index contributed by atoms with van der Waals surface area (Å²) in [5.41, 5.74) is 0.124. The summed E-state index contributed by atoms with van der Waals surface area (Å²) in [6, 6.07) is 6.01. The first-order valence-corrected chi connectivity index (χ1v) is 7.56. The summed E-state index contributed by atoms with van der Waals surface area (Å²) >= 11 is 0. The number of ether oxygens (including phenoxy) is 1. The van der Waals surface area contributed by atoms with Crippen molar-refractivity contribution >= 4 is 16.0 Å². The fraction of sp³-hybridized carbons (Fsp3) is 0.385. The lowest BCUT2D eigenvalue weighted by atomic mass is 10.1. The number of carbonyl (C=O) groups is 1. The Hall–Kier alpha value is -2.11. The molecule has 0 aliphatic carbocycles. The van der Waals surface area contributed by atoms with Crippen molar-refractivity contribution in [2.24, 2.45) is 5.92 Å². The lowest BCUT2D eigenvalue weighted by Crippen LogP contribution is -2.29. The highest BCUT2D eigenvalue weighted by atomic mass is 32.2. The molecule has 0 bridgehead atoms. The molecule has 1 unspecified atom stereocenters. The average molecular weight is 312 g/mol. The molecule has 0 aromatic heterocycles. The van der Waals surface area contributed by atoms with Gasteiger partial charge in [-0.2, -0.15) is 5.26 Å². The van der Waals surface area contributed by atoms with Crippen LogP contribution in [-0.2, 0) is 21.2 Å². The van der Waals surface area contributed by atoms with Gasteiger partial charge in [0.15, 0.2) is 0 Å². The van der Waals surface area contributed by atoms with Crippen molar-refractivity contribution in [1.82, 2.24) is 4.72 Å². The van der Waals surface area contributed by atoms with Crippen LogP contribution in [-0.4, -0.2) is 33.1 Å². The van der Waals surface area contributed by atoms with Crippen LogP contribution in [0.2, 0.25) is 0 Å². The predicted octanol–water partition coefficient (Wildman–Crippen LogP) is 0.760. The molecule has 1 atom stereocenters. The molecule has 0 aliphatic rings.